The van der Waals surface area contributed by atoms with Crippen LogP contribution in [0.25, 0.3) is 0 Å². The molecule has 1 aliphatic rings. The summed E-state index contributed by atoms with van der Waals surface area (Å²) in [5.41, 5.74) is 0.261. The van der Waals surface area contributed by atoms with Gasteiger partial charge in [0.2, 0.25) is 0 Å². The van der Waals surface area contributed by atoms with Gasteiger partial charge in [-0.3, -0.25) is 4.90 Å². The van der Waals surface area contributed by atoms with E-state index >= 15 is 0 Å². The fraction of sp³-hybridized carbons (Fsp3) is 1.00. The zero-order valence-electron chi connectivity index (χ0n) is 10.7. The third kappa shape index (κ3) is 4.49. The highest BCUT2D eigenvalue weighted by Crippen LogP contribution is 2.15. The molecule has 1 aliphatic heterocycles. The number of hydrogen-bond acceptors (Lipinski definition) is 3. The van der Waals surface area contributed by atoms with Gasteiger partial charge in [0.15, 0.2) is 0 Å². The average Bonchev–Trinajstić information content (AvgIpc) is 2.28. The maximum absolute atomic E-state index is 5.62. The van der Waals surface area contributed by atoms with E-state index in [4.69, 9.17) is 4.74 Å². The molecule has 0 aromatic heterocycles. The van der Waals surface area contributed by atoms with Crippen molar-refractivity contribution in [3.8, 4) is 0 Å². The van der Waals surface area contributed by atoms with Crippen molar-refractivity contribution in [3.63, 3.8) is 0 Å². The molecule has 90 valence electrons. The number of nitrogens with one attached hydrogen (secondary N) is 1. The second-order valence-electron chi connectivity index (χ2n) is 5.25. The highest BCUT2D eigenvalue weighted by atomic mass is 16.5. The molecule has 0 radical (unpaired) electrons. The molecule has 0 spiro atoms. The van der Waals surface area contributed by atoms with Gasteiger partial charge in [0.25, 0.3) is 0 Å². The van der Waals surface area contributed by atoms with E-state index in [0.717, 1.165) is 26.2 Å². The number of ether oxygens (including phenoxy) is 1. The Kier molecular flexibility index (Phi) is 5.03. The van der Waals surface area contributed by atoms with E-state index in [1.807, 2.05) is 0 Å². The second-order valence-corrected chi connectivity index (χ2v) is 5.25. The minimum Gasteiger partial charge on any atom is -0.377 e. The minimum absolute atomic E-state index is 0.261. The zero-order chi connectivity index (χ0) is 11.3. The van der Waals surface area contributed by atoms with Gasteiger partial charge >= 0.3 is 0 Å². The predicted octanol–water partition coefficient (Wildman–Crippen LogP) is 1.49. The van der Waals surface area contributed by atoms with Crippen LogP contribution in [-0.4, -0.2) is 49.3 Å². The van der Waals surface area contributed by atoms with Gasteiger partial charge < -0.3 is 10.1 Å². The Morgan fingerprint density at radius 3 is 2.80 bits per heavy atom. The van der Waals surface area contributed by atoms with Crippen LogP contribution in [0.15, 0.2) is 0 Å². The monoisotopic (exact) mass is 214 g/mol. The number of hydrogen-bond donors (Lipinski definition) is 1. The Balaban J connectivity index is 2.35. The van der Waals surface area contributed by atoms with E-state index in [0.29, 0.717) is 6.10 Å². The first-order chi connectivity index (χ1) is 7.02. The third-order valence-corrected chi connectivity index (χ3v) is 3.01. The van der Waals surface area contributed by atoms with Gasteiger partial charge in [-0.2, -0.15) is 0 Å². The van der Waals surface area contributed by atoms with Crippen molar-refractivity contribution in [1.82, 2.24) is 10.2 Å². The maximum Gasteiger partial charge on any atom is 0.0597 e. The molecule has 0 aromatic rings. The van der Waals surface area contributed by atoms with E-state index < -0.39 is 0 Å². The van der Waals surface area contributed by atoms with E-state index in [1.165, 1.54) is 13.0 Å². The van der Waals surface area contributed by atoms with E-state index in [9.17, 15) is 0 Å². The third-order valence-electron chi connectivity index (χ3n) is 3.01. The van der Waals surface area contributed by atoms with Gasteiger partial charge in [-0.15, -0.1) is 0 Å². The number of nitrogens with zero attached hydrogens (tertiary/aromatic N) is 1. The zero-order valence-corrected chi connectivity index (χ0v) is 10.7. The summed E-state index contributed by atoms with van der Waals surface area (Å²) in [6, 6.07) is 0. The van der Waals surface area contributed by atoms with Crippen molar-refractivity contribution >= 4 is 0 Å². The molecule has 0 atom stereocenters. The summed E-state index contributed by atoms with van der Waals surface area (Å²) in [6.45, 7) is 14.1. The Labute approximate surface area is 94.2 Å². The van der Waals surface area contributed by atoms with Crippen molar-refractivity contribution < 1.29 is 4.74 Å². The van der Waals surface area contributed by atoms with Crippen LogP contribution in [0.5, 0.6) is 0 Å². The van der Waals surface area contributed by atoms with E-state index in [1.54, 1.807) is 0 Å². The normalized spacial score (nSPS) is 23.0. The van der Waals surface area contributed by atoms with Gasteiger partial charge in [-0.25, -0.2) is 0 Å². The molecule has 15 heavy (non-hydrogen) atoms. The van der Waals surface area contributed by atoms with Crippen molar-refractivity contribution in [2.24, 2.45) is 0 Å². The summed E-state index contributed by atoms with van der Waals surface area (Å²) < 4.78 is 5.62. The largest absolute Gasteiger partial charge is 0.377 e. The Morgan fingerprint density at radius 1 is 1.40 bits per heavy atom. The van der Waals surface area contributed by atoms with Gasteiger partial charge in [-0.05, 0) is 40.7 Å². The average molecular weight is 214 g/mol. The van der Waals surface area contributed by atoms with Crippen LogP contribution in [0, 0.1) is 0 Å². The smallest absolute Gasteiger partial charge is 0.0597 e. The molecule has 1 rings (SSSR count). The van der Waals surface area contributed by atoms with Gasteiger partial charge in [-0.1, -0.05) is 0 Å². The van der Waals surface area contributed by atoms with Crippen molar-refractivity contribution in [1.29, 1.82) is 0 Å². The molecule has 1 N–H and O–H groups in total. The molecule has 3 nitrogen and oxygen atoms in total. The summed E-state index contributed by atoms with van der Waals surface area (Å²) >= 11 is 0. The van der Waals surface area contributed by atoms with Crippen LogP contribution in [0.2, 0.25) is 0 Å². The summed E-state index contributed by atoms with van der Waals surface area (Å²) in [7, 11) is 0. The fourth-order valence-corrected chi connectivity index (χ4v) is 2.02. The molecule has 1 fully saturated rings. The summed E-state index contributed by atoms with van der Waals surface area (Å²) in [6.07, 6.45) is 1.59. The Morgan fingerprint density at radius 2 is 2.13 bits per heavy atom. The quantitative estimate of drug-likeness (QED) is 0.767. The molecule has 1 heterocycles. The van der Waals surface area contributed by atoms with Crippen LogP contribution in [0.1, 0.15) is 34.1 Å². The Hall–Kier alpha value is -0.120. The van der Waals surface area contributed by atoms with Crippen molar-refractivity contribution in [2.45, 2.75) is 45.8 Å². The standard InChI is InChI=1S/C12H26N2O/c1-11(2)15-9-8-14-7-5-6-13-10-12(14,3)4/h11,13H,5-10H2,1-4H3. The lowest BCUT2D eigenvalue weighted by atomic mass is 10.0. The summed E-state index contributed by atoms with van der Waals surface area (Å²) in [5.74, 6) is 0. The first-order valence-electron chi connectivity index (χ1n) is 6.10. The molecular weight excluding hydrogens is 188 g/mol. The van der Waals surface area contributed by atoms with E-state index in [2.05, 4.69) is 37.9 Å². The summed E-state index contributed by atoms with van der Waals surface area (Å²) in [4.78, 5) is 2.54. The lowest BCUT2D eigenvalue weighted by Gasteiger charge is -2.36. The SMILES string of the molecule is CC(C)OCCN1CCCNCC1(C)C. The lowest BCUT2D eigenvalue weighted by molar-refractivity contribution is 0.0347. The molecule has 1 saturated heterocycles. The highest BCUT2D eigenvalue weighted by Gasteiger charge is 2.27. The minimum atomic E-state index is 0.261. The topological polar surface area (TPSA) is 24.5 Å². The van der Waals surface area contributed by atoms with Crippen molar-refractivity contribution in [2.75, 3.05) is 32.8 Å². The van der Waals surface area contributed by atoms with Gasteiger partial charge in [0.05, 0.1) is 12.7 Å². The van der Waals surface area contributed by atoms with Gasteiger partial charge in [0.1, 0.15) is 0 Å². The molecule has 0 bridgehead atoms. The van der Waals surface area contributed by atoms with Gasteiger partial charge in [0, 0.05) is 25.2 Å². The molecule has 0 amide bonds. The predicted molar refractivity (Wildman–Crippen MR) is 64.2 cm³/mol. The molecular formula is C12H26N2O. The first kappa shape index (κ1) is 12.9. The van der Waals surface area contributed by atoms with Crippen LogP contribution < -0.4 is 5.32 Å². The first-order valence-corrected chi connectivity index (χ1v) is 6.10. The molecule has 0 saturated carbocycles. The number of rotatable bonds is 4. The highest BCUT2D eigenvalue weighted by molar-refractivity contribution is 4.86. The molecule has 3 heteroatoms. The van der Waals surface area contributed by atoms with E-state index in [-0.39, 0.29) is 5.54 Å². The van der Waals surface area contributed by atoms with Crippen LogP contribution in [0.4, 0.5) is 0 Å². The molecule has 0 aromatic carbocycles. The van der Waals surface area contributed by atoms with Crippen LogP contribution in [0.3, 0.4) is 0 Å². The second kappa shape index (κ2) is 5.83. The fourth-order valence-electron chi connectivity index (χ4n) is 2.02. The summed E-state index contributed by atoms with van der Waals surface area (Å²) in [5, 5.41) is 3.48. The van der Waals surface area contributed by atoms with Crippen LogP contribution in [-0.2, 0) is 4.74 Å². The lowest BCUT2D eigenvalue weighted by Crippen LogP contribution is -2.49. The maximum atomic E-state index is 5.62. The van der Waals surface area contributed by atoms with Crippen molar-refractivity contribution in [3.05, 3.63) is 0 Å². The van der Waals surface area contributed by atoms with Crippen LogP contribution >= 0.6 is 0 Å². The molecule has 0 unspecified atom stereocenters. The molecule has 0 aliphatic carbocycles. The Bertz CT molecular complexity index is 180.